The first-order valence-electron chi connectivity index (χ1n) is 24.5. The van der Waals surface area contributed by atoms with Crippen molar-refractivity contribution in [3.8, 4) is 0 Å². The second-order valence-corrected chi connectivity index (χ2v) is 23.6. The lowest BCUT2D eigenvalue weighted by molar-refractivity contribution is -0.397. The maximum Gasteiger partial charge on any atom is 0.187 e. The Morgan fingerprint density at radius 2 is 1.15 bits per heavy atom. The number of hydrogen-bond acceptors (Lipinski definition) is 17. The van der Waals surface area contributed by atoms with E-state index >= 15 is 0 Å². The minimum Gasteiger partial charge on any atom is -0.394 e. The molecule has 3 aliphatic heterocycles. The normalized spacial score (nSPS) is 52.8. The Morgan fingerprint density at radius 3 is 1.71 bits per heavy atom. The first-order chi connectivity index (χ1) is 30.0. The highest BCUT2D eigenvalue weighted by Crippen LogP contribution is 2.76. The SMILES string of the molecule is CC1OC(OC2C(OC3CCC4(C)C(CCC5(C)C4CCC4C(C(C)(O)CCC(O)C(C)(C)O)CCC45C)C3(C)C)OC(CO)C(O)C2OC2OC(C)C(O)C(O)C2O)C(O)C(O)C1O. The van der Waals surface area contributed by atoms with E-state index in [2.05, 4.69) is 34.6 Å². The van der Waals surface area contributed by atoms with Crippen molar-refractivity contribution in [2.24, 2.45) is 45.3 Å². The molecule has 0 spiro atoms. The maximum atomic E-state index is 12.0. The molecule has 378 valence electrons. The van der Waals surface area contributed by atoms with Crippen molar-refractivity contribution >= 4 is 0 Å². The van der Waals surface area contributed by atoms with E-state index in [-0.39, 0.29) is 28.1 Å². The van der Waals surface area contributed by atoms with Crippen LogP contribution in [0, 0.1) is 45.3 Å². The van der Waals surface area contributed by atoms with Gasteiger partial charge in [-0.1, -0.05) is 34.6 Å². The molecule has 4 aliphatic carbocycles. The molecule has 0 bridgehead atoms. The Balaban J connectivity index is 1.13. The fourth-order valence-electron chi connectivity index (χ4n) is 14.9. The highest BCUT2D eigenvalue weighted by Gasteiger charge is 2.70. The highest BCUT2D eigenvalue weighted by atomic mass is 16.8. The molecule has 4 saturated carbocycles. The maximum absolute atomic E-state index is 12.0. The van der Waals surface area contributed by atoms with Crippen LogP contribution >= 0.6 is 0 Å². The lowest BCUT2D eigenvalue weighted by Crippen LogP contribution is -2.68. The van der Waals surface area contributed by atoms with Crippen LogP contribution in [-0.2, 0) is 28.4 Å². The first kappa shape index (κ1) is 52.2. The Kier molecular flexibility index (Phi) is 14.8. The van der Waals surface area contributed by atoms with E-state index in [9.17, 15) is 56.2 Å². The average molecular weight is 933 g/mol. The van der Waals surface area contributed by atoms with Crippen molar-refractivity contribution in [3.05, 3.63) is 0 Å². The summed E-state index contributed by atoms with van der Waals surface area (Å²) < 4.78 is 37.5. The highest BCUT2D eigenvalue weighted by molar-refractivity contribution is 5.18. The Bertz CT molecular complexity index is 1630. The molecule has 0 aromatic carbocycles. The minimum atomic E-state index is -1.76. The van der Waals surface area contributed by atoms with Gasteiger partial charge in [-0.25, -0.2) is 0 Å². The van der Waals surface area contributed by atoms with Crippen LogP contribution in [0.1, 0.15) is 133 Å². The standard InChI is InChI=1S/C48H84O17/c1-22-31(51)34(54)36(56)40(60-22)64-38-33(53)26(21-49)62-42(39(38)65-41-37(57)35(55)32(52)23(2)61-41)63-30-16-17-45(7)27(43(30,3)4)14-19-47(9)28(45)12-11-24-25(13-18-46(24,47)8)48(10,59)20-15-29(50)44(5,6)58/h22-42,49-59H,11-21H2,1-10H3. The van der Waals surface area contributed by atoms with Crippen LogP contribution in [0.15, 0.2) is 0 Å². The summed E-state index contributed by atoms with van der Waals surface area (Å²) in [6, 6.07) is 0. The van der Waals surface area contributed by atoms with Gasteiger partial charge in [0.05, 0.1) is 42.2 Å². The van der Waals surface area contributed by atoms with E-state index in [1.165, 1.54) is 13.8 Å². The zero-order valence-electron chi connectivity index (χ0n) is 40.3. The van der Waals surface area contributed by atoms with E-state index in [1.54, 1.807) is 13.8 Å². The van der Waals surface area contributed by atoms with Crippen LogP contribution in [-0.4, -0.2) is 178 Å². The fraction of sp³-hybridized carbons (Fsp3) is 1.00. The number of aliphatic hydroxyl groups is 11. The molecule has 7 fully saturated rings. The van der Waals surface area contributed by atoms with Crippen LogP contribution < -0.4 is 0 Å². The Morgan fingerprint density at radius 1 is 0.600 bits per heavy atom. The van der Waals surface area contributed by atoms with E-state index in [1.807, 2.05) is 6.92 Å². The summed E-state index contributed by atoms with van der Waals surface area (Å²) in [5.41, 5.74) is -2.80. The first-order valence-corrected chi connectivity index (χ1v) is 24.5. The molecule has 11 N–H and O–H groups in total. The van der Waals surface area contributed by atoms with Crippen LogP contribution in [0.25, 0.3) is 0 Å². The summed E-state index contributed by atoms with van der Waals surface area (Å²) in [4.78, 5) is 0. The Labute approximate surface area is 384 Å². The molecule has 0 radical (unpaired) electrons. The van der Waals surface area contributed by atoms with Crippen molar-refractivity contribution in [2.75, 3.05) is 6.61 Å². The monoisotopic (exact) mass is 933 g/mol. The summed E-state index contributed by atoms with van der Waals surface area (Å²) in [7, 11) is 0. The van der Waals surface area contributed by atoms with Gasteiger partial charge < -0.3 is 84.6 Å². The number of ether oxygens (including phenoxy) is 6. The van der Waals surface area contributed by atoms with Gasteiger partial charge in [-0.05, 0) is 144 Å². The van der Waals surface area contributed by atoms with Gasteiger partial charge >= 0.3 is 0 Å². The van der Waals surface area contributed by atoms with Gasteiger partial charge in [0.15, 0.2) is 18.9 Å². The molecule has 17 nitrogen and oxygen atoms in total. The molecule has 0 aromatic heterocycles. The average Bonchev–Trinajstić information content (AvgIpc) is 3.60. The van der Waals surface area contributed by atoms with Gasteiger partial charge in [0, 0.05) is 0 Å². The van der Waals surface area contributed by atoms with Gasteiger partial charge in [-0.3, -0.25) is 0 Å². The molecular weight excluding hydrogens is 849 g/mol. The van der Waals surface area contributed by atoms with Crippen LogP contribution in [0.2, 0.25) is 0 Å². The van der Waals surface area contributed by atoms with E-state index < -0.39 is 128 Å². The Hall–Kier alpha value is -0.680. The van der Waals surface area contributed by atoms with Crippen LogP contribution in [0.4, 0.5) is 0 Å². The quantitative estimate of drug-likeness (QED) is 0.123. The van der Waals surface area contributed by atoms with Crippen molar-refractivity contribution in [2.45, 2.75) is 249 Å². The van der Waals surface area contributed by atoms with Crippen molar-refractivity contribution in [1.29, 1.82) is 0 Å². The lowest BCUT2D eigenvalue weighted by Gasteiger charge is -2.70. The molecule has 17 heteroatoms. The summed E-state index contributed by atoms with van der Waals surface area (Å²) in [5.74, 6) is 0.976. The number of fused-ring (bicyclic) bond motifs is 5. The van der Waals surface area contributed by atoms with Gasteiger partial charge in [-0.2, -0.15) is 0 Å². The van der Waals surface area contributed by atoms with Gasteiger partial charge in [0.1, 0.15) is 61.0 Å². The van der Waals surface area contributed by atoms with Crippen LogP contribution in [0.3, 0.4) is 0 Å². The lowest BCUT2D eigenvalue weighted by atomic mass is 9.35. The zero-order chi connectivity index (χ0) is 48.1. The summed E-state index contributed by atoms with van der Waals surface area (Å²) in [6.07, 6.45) is -15.5. The molecule has 25 atom stereocenters. The van der Waals surface area contributed by atoms with E-state index in [0.29, 0.717) is 31.1 Å². The van der Waals surface area contributed by atoms with Crippen LogP contribution in [0.5, 0.6) is 0 Å². The van der Waals surface area contributed by atoms with Gasteiger partial charge in [-0.15, -0.1) is 0 Å². The smallest absolute Gasteiger partial charge is 0.187 e. The van der Waals surface area contributed by atoms with E-state index in [4.69, 9.17) is 28.4 Å². The van der Waals surface area contributed by atoms with E-state index in [0.717, 1.165) is 44.9 Å². The third-order valence-corrected chi connectivity index (χ3v) is 19.2. The fourth-order valence-corrected chi connectivity index (χ4v) is 14.9. The molecule has 65 heavy (non-hydrogen) atoms. The third kappa shape index (κ3) is 8.93. The number of rotatable bonds is 12. The predicted octanol–water partition coefficient (Wildman–Crippen LogP) is 1.22. The van der Waals surface area contributed by atoms with Gasteiger partial charge in [0.25, 0.3) is 0 Å². The topological polar surface area (TPSA) is 278 Å². The molecule has 7 aliphatic rings. The third-order valence-electron chi connectivity index (χ3n) is 19.2. The number of aliphatic hydroxyl groups excluding tert-OH is 9. The predicted molar refractivity (Wildman–Crippen MR) is 232 cm³/mol. The molecule has 0 amide bonds. The second kappa shape index (κ2) is 18.5. The molecule has 3 saturated heterocycles. The number of hydrogen-bond donors (Lipinski definition) is 11. The largest absolute Gasteiger partial charge is 0.394 e. The second-order valence-electron chi connectivity index (χ2n) is 23.6. The minimum absolute atomic E-state index is 0.00811. The van der Waals surface area contributed by atoms with Crippen molar-refractivity contribution in [1.82, 2.24) is 0 Å². The molecule has 0 aromatic rings. The molecular formula is C48H84O17. The van der Waals surface area contributed by atoms with Gasteiger partial charge in [0.2, 0.25) is 0 Å². The summed E-state index contributed by atoms with van der Waals surface area (Å²) in [6.45, 7) is 19.2. The molecule has 7 rings (SSSR count). The van der Waals surface area contributed by atoms with Crippen molar-refractivity contribution in [3.63, 3.8) is 0 Å². The zero-order valence-corrected chi connectivity index (χ0v) is 40.3. The van der Waals surface area contributed by atoms with Crippen molar-refractivity contribution < 1.29 is 84.6 Å². The summed E-state index contributed by atoms with van der Waals surface area (Å²) >= 11 is 0. The summed E-state index contributed by atoms with van der Waals surface area (Å²) in [5, 5.41) is 120. The molecule has 25 unspecified atom stereocenters. The molecule has 3 heterocycles.